The molecule has 1 aliphatic heterocycles. The van der Waals surface area contributed by atoms with Crippen molar-refractivity contribution in [2.24, 2.45) is 0 Å². The van der Waals surface area contributed by atoms with Crippen LogP contribution in [0.2, 0.25) is 0 Å². The molecule has 0 radical (unpaired) electrons. The van der Waals surface area contributed by atoms with E-state index in [-0.39, 0.29) is 22.4 Å². The summed E-state index contributed by atoms with van der Waals surface area (Å²) in [6.45, 7) is 4.84. The molecule has 166 valence electrons. The van der Waals surface area contributed by atoms with Crippen LogP contribution in [0.25, 0.3) is 0 Å². The minimum Gasteiger partial charge on any atom is -0.341 e. The van der Waals surface area contributed by atoms with E-state index in [1.807, 2.05) is 30.3 Å². The molecule has 7 nitrogen and oxygen atoms in total. The van der Waals surface area contributed by atoms with Crippen molar-refractivity contribution in [1.82, 2.24) is 14.9 Å². The SMILES string of the molecule is CC(C)NS(=O)(=O)c1cccc(C(=O)NC(Cc2ccccc2)C(=O)N2CCCC2)c1. The van der Waals surface area contributed by atoms with E-state index in [0.717, 1.165) is 18.4 Å². The maximum Gasteiger partial charge on any atom is 0.251 e. The summed E-state index contributed by atoms with van der Waals surface area (Å²) in [6, 6.07) is 14.4. The monoisotopic (exact) mass is 443 g/mol. The lowest BCUT2D eigenvalue weighted by Gasteiger charge is -2.24. The van der Waals surface area contributed by atoms with Gasteiger partial charge in [0, 0.05) is 31.1 Å². The van der Waals surface area contributed by atoms with Crippen LogP contribution in [0, 0.1) is 0 Å². The second kappa shape index (κ2) is 10.1. The van der Waals surface area contributed by atoms with Crippen molar-refractivity contribution >= 4 is 21.8 Å². The number of hydrogen-bond acceptors (Lipinski definition) is 4. The van der Waals surface area contributed by atoms with Crippen LogP contribution in [-0.4, -0.2) is 50.3 Å². The zero-order chi connectivity index (χ0) is 22.4. The molecule has 1 heterocycles. The number of amides is 2. The number of rotatable bonds is 8. The largest absolute Gasteiger partial charge is 0.341 e. The number of nitrogens with one attached hydrogen (secondary N) is 2. The molecule has 2 N–H and O–H groups in total. The minimum atomic E-state index is -3.73. The van der Waals surface area contributed by atoms with Crippen molar-refractivity contribution in [2.75, 3.05) is 13.1 Å². The number of benzene rings is 2. The van der Waals surface area contributed by atoms with Crippen molar-refractivity contribution in [1.29, 1.82) is 0 Å². The van der Waals surface area contributed by atoms with Crippen LogP contribution in [0.1, 0.15) is 42.6 Å². The van der Waals surface area contributed by atoms with Crippen LogP contribution in [-0.2, 0) is 21.2 Å². The van der Waals surface area contributed by atoms with E-state index in [2.05, 4.69) is 10.0 Å². The van der Waals surface area contributed by atoms with E-state index in [9.17, 15) is 18.0 Å². The highest BCUT2D eigenvalue weighted by molar-refractivity contribution is 7.89. The Morgan fingerprint density at radius 3 is 2.32 bits per heavy atom. The lowest BCUT2D eigenvalue weighted by atomic mass is 10.0. The van der Waals surface area contributed by atoms with Gasteiger partial charge in [0.15, 0.2) is 0 Å². The summed E-state index contributed by atoms with van der Waals surface area (Å²) in [5, 5.41) is 2.83. The van der Waals surface area contributed by atoms with Gasteiger partial charge in [-0.25, -0.2) is 13.1 Å². The second-order valence-electron chi connectivity index (χ2n) is 8.05. The number of sulfonamides is 1. The standard InChI is InChI=1S/C23H29N3O4S/c1-17(2)25-31(29,30)20-12-8-11-19(16-20)22(27)24-21(15-18-9-4-3-5-10-18)23(28)26-13-6-7-14-26/h3-5,8-12,16-17,21,25H,6-7,13-15H2,1-2H3,(H,24,27). The average Bonchev–Trinajstić information content (AvgIpc) is 3.27. The molecule has 31 heavy (non-hydrogen) atoms. The third-order valence-corrected chi connectivity index (χ3v) is 6.76. The molecule has 1 unspecified atom stereocenters. The molecule has 2 aromatic rings. The highest BCUT2D eigenvalue weighted by atomic mass is 32.2. The lowest BCUT2D eigenvalue weighted by molar-refractivity contribution is -0.132. The van der Waals surface area contributed by atoms with Gasteiger partial charge >= 0.3 is 0 Å². The van der Waals surface area contributed by atoms with Gasteiger partial charge in [-0.1, -0.05) is 36.4 Å². The molecule has 0 spiro atoms. The van der Waals surface area contributed by atoms with Crippen LogP contribution >= 0.6 is 0 Å². The molecule has 3 rings (SSSR count). The highest BCUT2D eigenvalue weighted by Crippen LogP contribution is 2.15. The molecular weight excluding hydrogens is 414 g/mol. The fourth-order valence-corrected chi connectivity index (χ4v) is 4.93. The van der Waals surface area contributed by atoms with Crippen molar-refractivity contribution in [2.45, 2.75) is 50.1 Å². The summed E-state index contributed by atoms with van der Waals surface area (Å²) in [4.78, 5) is 27.8. The number of nitrogens with zero attached hydrogens (tertiary/aromatic N) is 1. The van der Waals surface area contributed by atoms with Crippen LogP contribution in [0.4, 0.5) is 0 Å². The van der Waals surface area contributed by atoms with E-state index >= 15 is 0 Å². The maximum absolute atomic E-state index is 13.1. The zero-order valence-corrected chi connectivity index (χ0v) is 18.7. The smallest absolute Gasteiger partial charge is 0.251 e. The molecule has 2 amide bonds. The molecule has 1 aliphatic rings. The summed E-state index contributed by atoms with van der Waals surface area (Å²) in [5.41, 5.74) is 1.14. The molecule has 1 fully saturated rings. The minimum absolute atomic E-state index is 0.0133. The summed E-state index contributed by atoms with van der Waals surface area (Å²) in [7, 11) is -3.73. The fourth-order valence-electron chi connectivity index (χ4n) is 3.63. The van der Waals surface area contributed by atoms with Crippen LogP contribution in [0.5, 0.6) is 0 Å². The van der Waals surface area contributed by atoms with E-state index < -0.39 is 22.0 Å². The zero-order valence-electron chi connectivity index (χ0n) is 17.9. The van der Waals surface area contributed by atoms with Crippen LogP contribution < -0.4 is 10.0 Å². The first-order chi connectivity index (χ1) is 14.8. The predicted molar refractivity (Wildman–Crippen MR) is 119 cm³/mol. The Balaban J connectivity index is 1.81. The van der Waals surface area contributed by atoms with Gasteiger partial charge < -0.3 is 10.2 Å². The fraction of sp³-hybridized carbons (Fsp3) is 0.391. The Morgan fingerprint density at radius 2 is 1.68 bits per heavy atom. The third-order valence-electron chi connectivity index (χ3n) is 5.10. The van der Waals surface area contributed by atoms with Crippen LogP contribution in [0.15, 0.2) is 59.5 Å². The first-order valence-corrected chi connectivity index (χ1v) is 12.0. The number of hydrogen-bond donors (Lipinski definition) is 2. The van der Waals surface area contributed by atoms with Crippen molar-refractivity contribution in [3.05, 3.63) is 65.7 Å². The summed E-state index contributed by atoms with van der Waals surface area (Å²) in [6.07, 6.45) is 2.29. The molecule has 8 heteroatoms. The Labute approximate surface area is 183 Å². The molecule has 0 saturated carbocycles. The van der Waals surface area contributed by atoms with Gasteiger partial charge in [0.05, 0.1) is 4.90 Å². The van der Waals surface area contributed by atoms with E-state index in [1.54, 1.807) is 24.8 Å². The van der Waals surface area contributed by atoms with E-state index in [0.29, 0.717) is 19.5 Å². The van der Waals surface area contributed by atoms with Gasteiger partial charge in [0.25, 0.3) is 5.91 Å². The molecule has 0 aromatic heterocycles. The Bertz CT molecular complexity index is 1020. The summed E-state index contributed by atoms with van der Waals surface area (Å²) in [5.74, 6) is -0.588. The average molecular weight is 444 g/mol. The van der Waals surface area contributed by atoms with Gasteiger partial charge in [-0.3, -0.25) is 9.59 Å². The van der Waals surface area contributed by atoms with Crippen LogP contribution in [0.3, 0.4) is 0 Å². The van der Waals surface area contributed by atoms with Gasteiger partial charge in [0.1, 0.15) is 6.04 Å². The molecule has 1 atom stereocenters. The Morgan fingerprint density at radius 1 is 1.00 bits per heavy atom. The van der Waals surface area contributed by atoms with E-state index in [4.69, 9.17) is 0 Å². The highest BCUT2D eigenvalue weighted by Gasteiger charge is 2.28. The quantitative estimate of drug-likeness (QED) is 0.655. The molecule has 0 bridgehead atoms. The number of carbonyl (C=O) groups excluding carboxylic acids is 2. The van der Waals surface area contributed by atoms with Gasteiger partial charge in [-0.05, 0) is 50.5 Å². The van der Waals surface area contributed by atoms with E-state index in [1.165, 1.54) is 18.2 Å². The summed E-state index contributed by atoms with van der Waals surface area (Å²) < 4.78 is 27.4. The van der Waals surface area contributed by atoms with Crippen molar-refractivity contribution in [3.63, 3.8) is 0 Å². The number of carbonyl (C=O) groups is 2. The first kappa shape index (κ1) is 23.0. The number of likely N-dealkylation sites (tertiary alicyclic amines) is 1. The summed E-state index contributed by atoms with van der Waals surface area (Å²) >= 11 is 0. The molecule has 0 aliphatic carbocycles. The van der Waals surface area contributed by atoms with Gasteiger partial charge in [-0.15, -0.1) is 0 Å². The lowest BCUT2D eigenvalue weighted by Crippen LogP contribution is -2.49. The van der Waals surface area contributed by atoms with Gasteiger partial charge in [0.2, 0.25) is 15.9 Å². The predicted octanol–water partition coefficient (Wildman–Crippen LogP) is 2.34. The Hall–Kier alpha value is -2.71. The van der Waals surface area contributed by atoms with Gasteiger partial charge in [-0.2, -0.15) is 0 Å². The molecular formula is C23H29N3O4S. The second-order valence-corrected chi connectivity index (χ2v) is 9.77. The van der Waals surface area contributed by atoms with Crippen molar-refractivity contribution < 1.29 is 18.0 Å². The molecule has 1 saturated heterocycles. The Kier molecular flexibility index (Phi) is 7.46. The third kappa shape index (κ3) is 6.15. The normalized spacial score (nSPS) is 15.1. The topological polar surface area (TPSA) is 95.6 Å². The van der Waals surface area contributed by atoms with Crippen molar-refractivity contribution in [3.8, 4) is 0 Å². The maximum atomic E-state index is 13.1. The first-order valence-electron chi connectivity index (χ1n) is 10.5. The molecule has 2 aromatic carbocycles.